The van der Waals surface area contributed by atoms with Crippen LogP contribution in [0.4, 0.5) is 5.69 Å². The molecule has 0 heterocycles. The van der Waals surface area contributed by atoms with E-state index in [1.807, 2.05) is 26.0 Å². The second-order valence-electron chi connectivity index (χ2n) is 5.40. The zero-order valence-corrected chi connectivity index (χ0v) is 14.2. The van der Waals surface area contributed by atoms with Crippen molar-refractivity contribution in [2.75, 3.05) is 12.4 Å². The molecule has 0 aliphatic heterocycles. The molecule has 130 valence electrons. The molecule has 7 heteroatoms. The quantitative estimate of drug-likeness (QED) is 0.450. The second kappa shape index (κ2) is 7.96. The predicted octanol–water partition coefficient (Wildman–Crippen LogP) is 2.11. The minimum Gasteiger partial charge on any atom is -0.504 e. The van der Waals surface area contributed by atoms with Crippen LogP contribution in [0.1, 0.15) is 16.7 Å². The zero-order valence-electron chi connectivity index (χ0n) is 14.2. The maximum Gasteiger partial charge on any atom is 0.329 e. The lowest BCUT2D eigenvalue weighted by Crippen LogP contribution is -2.32. The average Bonchev–Trinajstić information content (AvgIpc) is 2.59. The first kappa shape index (κ1) is 18.0. The van der Waals surface area contributed by atoms with E-state index in [1.54, 1.807) is 18.2 Å². The molecule has 0 unspecified atom stereocenters. The third kappa shape index (κ3) is 4.81. The van der Waals surface area contributed by atoms with Crippen molar-refractivity contribution in [2.45, 2.75) is 13.8 Å². The van der Waals surface area contributed by atoms with Gasteiger partial charge in [0, 0.05) is 5.69 Å². The lowest BCUT2D eigenvalue weighted by Gasteiger charge is -2.08. The van der Waals surface area contributed by atoms with Crippen LogP contribution in [0.5, 0.6) is 11.5 Å². The summed E-state index contributed by atoms with van der Waals surface area (Å²) in [6.07, 6.45) is 1.34. The number of nitrogens with zero attached hydrogens (tertiary/aromatic N) is 1. The number of nitrogens with one attached hydrogen (secondary N) is 2. The number of phenols is 1. The fraction of sp³-hybridized carbons (Fsp3) is 0.167. The third-order valence-corrected chi connectivity index (χ3v) is 3.43. The Morgan fingerprint density at radius 1 is 1.12 bits per heavy atom. The molecule has 0 aliphatic rings. The van der Waals surface area contributed by atoms with Crippen LogP contribution < -0.4 is 15.5 Å². The van der Waals surface area contributed by atoms with Gasteiger partial charge in [0.05, 0.1) is 13.3 Å². The Labute approximate surface area is 145 Å². The molecule has 0 saturated heterocycles. The van der Waals surface area contributed by atoms with Crippen LogP contribution in [-0.4, -0.2) is 30.2 Å². The number of aromatic hydroxyl groups is 1. The van der Waals surface area contributed by atoms with E-state index in [4.69, 9.17) is 4.74 Å². The average molecular weight is 341 g/mol. The fourth-order valence-corrected chi connectivity index (χ4v) is 2.04. The van der Waals surface area contributed by atoms with E-state index in [1.165, 1.54) is 19.4 Å². The van der Waals surface area contributed by atoms with Crippen LogP contribution in [0, 0.1) is 13.8 Å². The molecule has 2 amide bonds. The molecular weight excluding hydrogens is 322 g/mol. The molecule has 3 N–H and O–H groups in total. The molecule has 0 aromatic heterocycles. The fourth-order valence-electron chi connectivity index (χ4n) is 2.04. The van der Waals surface area contributed by atoms with E-state index in [2.05, 4.69) is 15.8 Å². The number of anilines is 1. The number of aryl methyl sites for hydroxylation is 2. The number of hydrazone groups is 1. The lowest BCUT2D eigenvalue weighted by molar-refractivity contribution is -0.136. The number of benzene rings is 2. The maximum atomic E-state index is 11.9. The molecule has 0 radical (unpaired) electrons. The molecule has 0 spiro atoms. The van der Waals surface area contributed by atoms with Crippen LogP contribution >= 0.6 is 0 Å². The smallest absolute Gasteiger partial charge is 0.329 e. The van der Waals surface area contributed by atoms with Gasteiger partial charge in [-0.1, -0.05) is 12.1 Å². The number of methoxy groups -OCH3 is 1. The Hall–Kier alpha value is -3.35. The number of amides is 2. The molecular formula is C18H19N3O4. The summed E-state index contributed by atoms with van der Waals surface area (Å²) in [5.41, 5.74) is 5.14. The van der Waals surface area contributed by atoms with E-state index in [-0.39, 0.29) is 11.5 Å². The summed E-state index contributed by atoms with van der Waals surface area (Å²) in [6, 6.07) is 10.1. The standard InChI is InChI=1S/C18H19N3O4/c1-11-4-5-12(2)14(8-11)20-17(23)18(24)21-19-10-13-6-7-15(22)16(9-13)25-3/h4-10,22H,1-3H3,(H,20,23)(H,21,24)/b19-10-. The number of ether oxygens (including phenoxy) is 1. The molecule has 2 aromatic carbocycles. The molecule has 7 nitrogen and oxygen atoms in total. The highest BCUT2D eigenvalue weighted by molar-refractivity contribution is 6.39. The zero-order chi connectivity index (χ0) is 18.4. The van der Waals surface area contributed by atoms with Gasteiger partial charge in [-0.25, -0.2) is 5.43 Å². The topological polar surface area (TPSA) is 100 Å². The highest BCUT2D eigenvalue weighted by Crippen LogP contribution is 2.25. The Morgan fingerprint density at radius 3 is 2.60 bits per heavy atom. The largest absolute Gasteiger partial charge is 0.504 e. The van der Waals surface area contributed by atoms with Crippen LogP contribution in [0.2, 0.25) is 0 Å². The van der Waals surface area contributed by atoms with Gasteiger partial charge < -0.3 is 15.2 Å². The Kier molecular flexibility index (Phi) is 5.73. The van der Waals surface area contributed by atoms with Gasteiger partial charge in [0.15, 0.2) is 11.5 Å². The minimum atomic E-state index is -0.886. The van der Waals surface area contributed by atoms with Crippen LogP contribution in [-0.2, 0) is 9.59 Å². The van der Waals surface area contributed by atoms with E-state index in [0.717, 1.165) is 11.1 Å². The van der Waals surface area contributed by atoms with Gasteiger partial charge >= 0.3 is 11.8 Å². The molecule has 0 atom stereocenters. The van der Waals surface area contributed by atoms with Crippen molar-refractivity contribution in [3.63, 3.8) is 0 Å². The van der Waals surface area contributed by atoms with Crippen molar-refractivity contribution >= 4 is 23.7 Å². The number of hydrogen-bond donors (Lipinski definition) is 3. The maximum absolute atomic E-state index is 11.9. The Balaban J connectivity index is 1.97. The summed E-state index contributed by atoms with van der Waals surface area (Å²) in [6.45, 7) is 3.73. The molecule has 0 aliphatic carbocycles. The summed E-state index contributed by atoms with van der Waals surface area (Å²) >= 11 is 0. The van der Waals surface area contributed by atoms with Gasteiger partial charge in [0.25, 0.3) is 0 Å². The van der Waals surface area contributed by atoms with Crippen molar-refractivity contribution in [2.24, 2.45) is 5.10 Å². The highest BCUT2D eigenvalue weighted by atomic mass is 16.5. The first-order valence-corrected chi connectivity index (χ1v) is 7.49. The normalized spacial score (nSPS) is 10.5. The van der Waals surface area contributed by atoms with Crippen molar-refractivity contribution in [3.05, 3.63) is 53.1 Å². The molecule has 0 fully saturated rings. The molecule has 25 heavy (non-hydrogen) atoms. The molecule has 0 bridgehead atoms. The van der Waals surface area contributed by atoms with Crippen LogP contribution in [0.25, 0.3) is 0 Å². The van der Waals surface area contributed by atoms with Gasteiger partial charge in [-0.05, 0) is 54.8 Å². The number of phenolic OH excluding ortho intramolecular Hbond substituents is 1. The predicted molar refractivity (Wildman–Crippen MR) is 94.9 cm³/mol. The summed E-state index contributed by atoms with van der Waals surface area (Å²) in [7, 11) is 1.43. The Bertz CT molecular complexity index is 831. The van der Waals surface area contributed by atoms with Crippen molar-refractivity contribution < 1.29 is 19.4 Å². The molecule has 2 rings (SSSR count). The van der Waals surface area contributed by atoms with Gasteiger partial charge in [-0.3, -0.25) is 9.59 Å². The van der Waals surface area contributed by atoms with Crippen molar-refractivity contribution in [3.8, 4) is 11.5 Å². The van der Waals surface area contributed by atoms with Crippen molar-refractivity contribution in [1.29, 1.82) is 0 Å². The van der Waals surface area contributed by atoms with Gasteiger partial charge in [0.1, 0.15) is 0 Å². The summed E-state index contributed by atoms with van der Waals surface area (Å²) in [5, 5.41) is 15.8. The highest BCUT2D eigenvalue weighted by Gasteiger charge is 2.14. The summed E-state index contributed by atoms with van der Waals surface area (Å²) < 4.78 is 4.98. The van der Waals surface area contributed by atoms with Gasteiger partial charge in [-0.2, -0.15) is 5.10 Å². The SMILES string of the molecule is COc1cc(/C=N\NC(=O)C(=O)Nc2cc(C)ccc2C)ccc1O. The second-order valence-corrected chi connectivity index (χ2v) is 5.40. The van der Waals surface area contributed by atoms with E-state index in [9.17, 15) is 14.7 Å². The van der Waals surface area contributed by atoms with E-state index >= 15 is 0 Å². The summed E-state index contributed by atoms with van der Waals surface area (Å²) in [4.78, 5) is 23.7. The number of hydrogen-bond acceptors (Lipinski definition) is 5. The van der Waals surface area contributed by atoms with Gasteiger partial charge in [0.2, 0.25) is 0 Å². The first-order valence-electron chi connectivity index (χ1n) is 7.49. The first-order chi connectivity index (χ1) is 11.9. The van der Waals surface area contributed by atoms with Crippen LogP contribution in [0.15, 0.2) is 41.5 Å². The molecule has 0 saturated carbocycles. The third-order valence-electron chi connectivity index (χ3n) is 3.43. The van der Waals surface area contributed by atoms with E-state index < -0.39 is 11.8 Å². The number of carbonyl (C=O) groups excluding carboxylic acids is 2. The van der Waals surface area contributed by atoms with Gasteiger partial charge in [-0.15, -0.1) is 0 Å². The van der Waals surface area contributed by atoms with E-state index in [0.29, 0.717) is 11.3 Å². The monoisotopic (exact) mass is 341 g/mol. The minimum absolute atomic E-state index is 0.00316. The summed E-state index contributed by atoms with van der Waals surface area (Å²) in [5.74, 6) is -1.42. The number of carbonyl (C=O) groups is 2. The molecule has 2 aromatic rings. The van der Waals surface area contributed by atoms with Crippen molar-refractivity contribution in [1.82, 2.24) is 5.43 Å². The lowest BCUT2D eigenvalue weighted by atomic mass is 10.1. The number of rotatable bonds is 4. The Morgan fingerprint density at radius 2 is 1.88 bits per heavy atom. The van der Waals surface area contributed by atoms with Crippen LogP contribution in [0.3, 0.4) is 0 Å².